The van der Waals surface area contributed by atoms with Crippen LogP contribution in [-0.4, -0.2) is 29.1 Å². The largest absolute Gasteiger partial charge is 0.396 e. The van der Waals surface area contributed by atoms with Crippen LogP contribution in [0.2, 0.25) is 10.0 Å². The van der Waals surface area contributed by atoms with Crippen molar-refractivity contribution >= 4 is 45.0 Å². The van der Waals surface area contributed by atoms with Crippen molar-refractivity contribution in [1.29, 1.82) is 0 Å². The highest BCUT2D eigenvalue weighted by atomic mass is 79.9. The van der Waals surface area contributed by atoms with Crippen molar-refractivity contribution in [2.45, 2.75) is 31.5 Å². The third-order valence-corrected chi connectivity index (χ3v) is 7.99. The van der Waals surface area contributed by atoms with E-state index in [-0.39, 0.29) is 24.0 Å². The summed E-state index contributed by atoms with van der Waals surface area (Å²) in [6, 6.07) is 20.4. The maximum absolute atomic E-state index is 14.0. The fourth-order valence-corrected chi connectivity index (χ4v) is 5.33. The molecule has 0 saturated heterocycles. The smallest absolute Gasteiger partial charge is 0.257 e. The van der Waals surface area contributed by atoms with E-state index in [1.54, 1.807) is 0 Å². The van der Waals surface area contributed by atoms with E-state index >= 15 is 0 Å². The number of carbonyl (C=O) groups is 1. The number of aliphatic hydroxyl groups excluding tert-OH is 1. The molecular formula is C27H24BrCl2NO3. The van der Waals surface area contributed by atoms with Crippen molar-refractivity contribution in [3.8, 4) is 0 Å². The molecule has 176 valence electrons. The Balaban J connectivity index is 1.72. The van der Waals surface area contributed by atoms with Gasteiger partial charge in [0, 0.05) is 36.6 Å². The van der Waals surface area contributed by atoms with E-state index in [1.807, 2.05) is 78.6 Å². The van der Waals surface area contributed by atoms with Gasteiger partial charge in [0.05, 0.1) is 19.3 Å². The number of carbonyl (C=O) groups excluding carboxylic acids is 1. The van der Waals surface area contributed by atoms with Crippen LogP contribution >= 0.6 is 39.1 Å². The molecule has 1 amide bonds. The number of nitrogens with zero attached hydrogens (tertiary/aromatic N) is 1. The Kier molecular flexibility index (Phi) is 6.28. The predicted octanol–water partition coefficient (Wildman–Crippen LogP) is 6.96. The highest BCUT2D eigenvalue weighted by Gasteiger charge is 2.56. The monoisotopic (exact) mass is 559 g/mol. The first-order chi connectivity index (χ1) is 16.3. The molecule has 5 rings (SSSR count). The molecule has 3 aromatic carbocycles. The van der Waals surface area contributed by atoms with Gasteiger partial charge in [0.15, 0.2) is 5.72 Å². The summed E-state index contributed by atoms with van der Waals surface area (Å²) in [7, 11) is 0. The number of hydrogen-bond donors (Lipinski definition) is 1. The second kappa shape index (κ2) is 8.96. The van der Waals surface area contributed by atoms with Gasteiger partial charge in [-0.15, -0.1) is 0 Å². The van der Waals surface area contributed by atoms with Crippen molar-refractivity contribution in [2.75, 3.05) is 13.2 Å². The highest BCUT2D eigenvalue weighted by Crippen LogP contribution is 2.53. The summed E-state index contributed by atoms with van der Waals surface area (Å²) in [6.45, 7) is 2.38. The van der Waals surface area contributed by atoms with Crippen molar-refractivity contribution in [3.63, 3.8) is 0 Å². The molecule has 2 aliphatic rings. The lowest BCUT2D eigenvalue weighted by Gasteiger charge is -2.43. The van der Waals surface area contributed by atoms with Crippen LogP contribution in [0.25, 0.3) is 0 Å². The Morgan fingerprint density at radius 2 is 1.65 bits per heavy atom. The van der Waals surface area contributed by atoms with E-state index in [9.17, 15) is 9.90 Å². The van der Waals surface area contributed by atoms with Crippen LogP contribution in [0.15, 0.2) is 71.2 Å². The van der Waals surface area contributed by atoms with Crippen LogP contribution in [0, 0.1) is 5.41 Å². The van der Waals surface area contributed by atoms with Gasteiger partial charge in [-0.2, -0.15) is 0 Å². The maximum Gasteiger partial charge on any atom is 0.257 e. The fourth-order valence-electron chi connectivity index (χ4n) is 4.71. The molecule has 0 unspecified atom stereocenters. The number of amides is 1. The van der Waals surface area contributed by atoms with Crippen molar-refractivity contribution in [1.82, 2.24) is 4.90 Å². The Morgan fingerprint density at radius 1 is 1.03 bits per heavy atom. The second-order valence-electron chi connectivity index (χ2n) is 9.19. The molecule has 34 heavy (non-hydrogen) atoms. The molecule has 1 aliphatic carbocycles. The van der Waals surface area contributed by atoms with E-state index in [2.05, 4.69) is 15.9 Å². The lowest BCUT2D eigenvalue weighted by atomic mass is 9.91. The first-order valence-corrected chi connectivity index (χ1v) is 12.7. The minimum absolute atomic E-state index is 0.0532. The van der Waals surface area contributed by atoms with Gasteiger partial charge in [0.25, 0.3) is 5.91 Å². The van der Waals surface area contributed by atoms with Gasteiger partial charge in [0.1, 0.15) is 0 Å². The van der Waals surface area contributed by atoms with Crippen LogP contribution in [0.1, 0.15) is 52.9 Å². The zero-order chi connectivity index (χ0) is 24.1. The van der Waals surface area contributed by atoms with Crippen LogP contribution in [0.3, 0.4) is 0 Å². The Morgan fingerprint density at radius 3 is 2.24 bits per heavy atom. The average molecular weight is 561 g/mol. The van der Waals surface area contributed by atoms with Gasteiger partial charge in [-0.05, 0) is 61.7 Å². The van der Waals surface area contributed by atoms with Crippen molar-refractivity contribution < 1.29 is 14.6 Å². The van der Waals surface area contributed by atoms with Crippen LogP contribution in [-0.2, 0) is 10.5 Å². The maximum atomic E-state index is 14.0. The lowest BCUT2D eigenvalue weighted by Crippen LogP contribution is -2.49. The summed E-state index contributed by atoms with van der Waals surface area (Å²) in [6.07, 6.45) is 1.79. The molecular weight excluding hydrogens is 537 g/mol. The van der Waals surface area contributed by atoms with Crippen LogP contribution in [0.4, 0.5) is 0 Å². The molecule has 1 aliphatic heterocycles. The number of fused-ring (bicyclic) bond motifs is 1. The summed E-state index contributed by atoms with van der Waals surface area (Å²) >= 11 is 15.9. The van der Waals surface area contributed by atoms with E-state index < -0.39 is 5.72 Å². The molecule has 0 radical (unpaired) electrons. The number of ether oxygens (including phenoxy) is 1. The van der Waals surface area contributed by atoms with Crippen LogP contribution < -0.4 is 0 Å². The molecule has 1 N–H and O–H groups in total. The molecule has 1 heterocycles. The van der Waals surface area contributed by atoms with Gasteiger partial charge in [-0.25, -0.2) is 0 Å². The minimum Gasteiger partial charge on any atom is -0.396 e. The number of benzene rings is 3. The standard InChI is InChI=1S/C27H24BrCl2NO3/c1-17(18-2-7-21(29)8-3-18)31-25(33)23-14-20(28)6-11-24(23)27(31,19-4-9-22(30)10-5-19)34-16-26(15-32)12-13-26/h2-11,14,17,32H,12-13,15-16H2,1H3/t17-,27-/m0/s1. The van der Waals surface area contributed by atoms with Gasteiger partial charge >= 0.3 is 0 Å². The topological polar surface area (TPSA) is 49.8 Å². The molecule has 0 spiro atoms. The summed E-state index contributed by atoms with van der Waals surface area (Å²) < 4.78 is 7.63. The summed E-state index contributed by atoms with van der Waals surface area (Å²) in [5, 5.41) is 11.2. The normalized spacial score (nSPS) is 21.4. The number of rotatable bonds is 7. The Hall–Kier alpha value is -1.89. The molecule has 7 heteroatoms. The van der Waals surface area contributed by atoms with Gasteiger partial charge in [-0.3, -0.25) is 9.69 Å². The average Bonchev–Trinajstić information content (AvgIpc) is 3.58. The van der Waals surface area contributed by atoms with Crippen molar-refractivity contribution in [2.24, 2.45) is 5.41 Å². The zero-order valence-electron chi connectivity index (χ0n) is 18.6. The Bertz CT molecular complexity index is 1230. The number of halogens is 3. The molecule has 4 nitrogen and oxygen atoms in total. The first kappa shape index (κ1) is 23.8. The quantitative estimate of drug-likeness (QED) is 0.339. The fraction of sp³-hybridized carbons (Fsp3) is 0.296. The third-order valence-electron chi connectivity index (χ3n) is 6.99. The number of hydrogen-bond acceptors (Lipinski definition) is 3. The Labute approximate surface area is 217 Å². The van der Waals surface area contributed by atoms with Gasteiger partial charge in [-0.1, -0.05) is 69.5 Å². The molecule has 0 bridgehead atoms. The summed E-state index contributed by atoms with van der Waals surface area (Å²) in [5.74, 6) is -0.123. The SMILES string of the molecule is C[C@@H](c1ccc(Cl)cc1)N1C(=O)c2cc(Br)ccc2[C@@]1(OCC1(CO)CC1)c1ccc(Cl)cc1. The van der Waals surface area contributed by atoms with Gasteiger partial charge < -0.3 is 9.84 Å². The molecule has 2 atom stereocenters. The molecule has 0 aromatic heterocycles. The van der Waals surface area contributed by atoms with E-state index in [1.165, 1.54) is 0 Å². The molecule has 1 fully saturated rings. The van der Waals surface area contributed by atoms with E-state index in [0.717, 1.165) is 34.0 Å². The summed E-state index contributed by atoms with van der Waals surface area (Å²) in [5.41, 5.74) is 1.66. The number of aliphatic hydroxyl groups is 1. The highest BCUT2D eigenvalue weighted by molar-refractivity contribution is 9.10. The van der Waals surface area contributed by atoms with Crippen molar-refractivity contribution in [3.05, 3.63) is 104 Å². The first-order valence-electron chi connectivity index (χ1n) is 11.2. The third kappa shape index (κ3) is 3.98. The summed E-state index contributed by atoms with van der Waals surface area (Å²) in [4.78, 5) is 15.8. The van der Waals surface area contributed by atoms with E-state index in [0.29, 0.717) is 22.2 Å². The second-order valence-corrected chi connectivity index (χ2v) is 11.0. The molecule has 3 aromatic rings. The lowest BCUT2D eigenvalue weighted by molar-refractivity contribution is -0.137. The van der Waals surface area contributed by atoms with E-state index in [4.69, 9.17) is 27.9 Å². The molecule has 1 saturated carbocycles. The minimum atomic E-state index is -1.18. The predicted molar refractivity (Wildman–Crippen MR) is 137 cm³/mol. The van der Waals surface area contributed by atoms with Crippen LogP contribution in [0.5, 0.6) is 0 Å². The van der Waals surface area contributed by atoms with Gasteiger partial charge in [0.2, 0.25) is 0 Å². The zero-order valence-corrected chi connectivity index (χ0v) is 21.7.